The van der Waals surface area contributed by atoms with E-state index in [1.807, 2.05) is 30.3 Å². The van der Waals surface area contributed by atoms with E-state index in [1.165, 1.54) is 0 Å². The van der Waals surface area contributed by atoms with Crippen molar-refractivity contribution in [3.63, 3.8) is 0 Å². The Kier molecular flexibility index (Phi) is 3.82. The zero-order valence-electron chi connectivity index (χ0n) is 10.6. The van der Waals surface area contributed by atoms with Crippen LogP contribution in [0.15, 0.2) is 42.7 Å². The van der Waals surface area contributed by atoms with E-state index < -0.39 is 0 Å². The minimum absolute atomic E-state index is 0.0490. The molecule has 0 unspecified atom stereocenters. The molecule has 1 heterocycles. The first kappa shape index (κ1) is 12.4. The van der Waals surface area contributed by atoms with Gasteiger partial charge in [0, 0.05) is 18.0 Å². The molecule has 0 fully saturated rings. The number of carbonyl (C=O) groups excluding carboxylic acids is 1. The zero-order chi connectivity index (χ0) is 13.0. The normalized spacial score (nSPS) is 10.6. The van der Waals surface area contributed by atoms with Crippen molar-refractivity contribution in [3.05, 3.63) is 59.7 Å². The Bertz CT molecular complexity index is 518. The van der Waals surface area contributed by atoms with Crippen molar-refractivity contribution in [3.8, 4) is 0 Å². The van der Waals surface area contributed by atoms with Gasteiger partial charge in [0.25, 0.3) is 0 Å². The summed E-state index contributed by atoms with van der Waals surface area (Å²) in [5.41, 5.74) is 1.79. The van der Waals surface area contributed by atoms with Crippen molar-refractivity contribution in [2.75, 3.05) is 0 Å². The summed E-state index contributed by atoms with van der Waals surface area (Å²) in [6.07, 6.45) is 3.85. The average molecular weight is 240 g/mol. The van der Waals surface area contributed by atoms with Crippen molar-refractivity contribution in [2.24, 2.45) is 0 Å². The van der Waals surface area contributed by atoms with Gasteiger partial charge in [-0.15, -0.1) is 0 Å². The molecule has 0 saturated carbocycles. The molecule has 1 aromatic heterocycles. The third-order valence-electron chi connectivity index (χ3n) is 2.81. The molecule has 0 N–H and O–H groups in total. The van der Waals surface area contributed by atoms with Crippen LogP contribution in [-0.2, 0) is 6.42 Å². The number of Topliss-reactive ketones (excluding diaryl/α,β-unsaturated/α-hetero) is 1. The predicted molar refractivity (Wildman–Crippen MR) is 70.6 cm³/mol. The van der Waals surface area contributed by atoms with Gasteiger partial charge >= 0.3 is 0 Å². The molecule has 0 aliphatic rings. The van der Waals surface area contributed by atoms with Crippen LogP contribution in [0.4, 0.5) is 0 Å². The number of hydrogen-bond donors (Lipinski definition) is 0. The van der Waals surface area contributed by atoms with Crippen LogP contribution >= 0.6 is 0 Å². The summed E-state index contributed by atoms with van der Waals surface area (Å²) in [7, 11) is 0. The first-order valence-electron chi connectivity index (χ1n) is 6.06. The Morgan fingerprint density at radius 3 is 2.28 bits per heavy atom. The monoisotopic (exact) mass is 240 g/mol. The number of ketones is 1. The van der Waals surface area contributed by atoms with Gasteiger partial charge in [-0.3, -0.25) is 4.79 Å². The van der Waals surface area contributed by atoms with E-state index in [1.54, 1.807) is 12.4 Å². The van der Waals surface area contributed by atoms with Crippen molar-refractivity contribution in [1.29, 1.82) is 0 Å². The van der Waals surface area contributed by atoms with Crippen LogP contribution < -0.4 is 0 Å². The second-order valence-electron chi connectivity index (χ2n) is 4.55. The van der Waals surface area contributed by atoms with Gasteiger partial charge in [0.15, 0.2) is 5.78 Å². The second-order valence-corrected chi connectivity index (χ2v) is 4.55. The molecule has 2 rings (SSSR count). The van der Waals surface area contributed by atoms with E-state index in [-0.39, 0.29) is 12.2 Å². The molecule has 0 spiro atoms. The molecule has 0 aliphatic carbocycles. The fraction of sp³-hybridized carbons (Fsp3) is 0.267. The molecular weight excluding hydrogens is 224 g/mol. The van der Waals surface area contributed by atoms with Gasteiger partial charge in [0.2, 0.25) is 0 Å². The maximum absolute atomic E-state index is 12.0. The van der Waals surface area contributed by atoms with E-state index in [4.69, 9.17) is 0 Å². The van der Waals surface area contributed by atoms with Gasteiger partial charge in [-0.1, -0.05) is 44.2 Å². The topological polar surface area (TPSA) is 42.9 Å². The lowest BCUT2D eigenvalue weighted by molar-refractivity contribution is 0.0991. The minimum atomic E-state index is 0.0490. The Hall–Kier alpha value is -2.03. The van der Waals surface area contributed by atoms with Gasteiger partial charge in [-0.2, -0.15) is 0 Å². The maximum Gasteiger partial charge on any atom is 0.170 e. The van der Waals surface area contributed by atoms with Gasteiger partial charge in [0.1, 0.15) is 5.82 Å². The van der Waals surface area contributed by atoms with E-state index >= 15 is 0 Å². The first-order valence-corrected chi connectivity index (χ1v) is 6.06. The molecule has 1 aromatic carbocycles. The zero-order valence-corrected chi connectivity index (χ0v) is 10.6. The Labute approximate surface area is 107 Å². The van der Waals surface area contributed by atoms with Crippen LogP contribution in [0.1, 0.15) is 41.5 Å². The van der Waals surface area contributed by atoms with Gasteiger partial charge in [-0.25, -0.2) is 9.97 Å². The van der Waals surface area contributed by atoms with Crippen molar-refractivity contribution < 1.29 is 4.79 Å². The fourth-order valence-corrected chi connectivity index (χ4v) is 1.62. The SMILES string of the molecule is CC(C)c1cnc(CC(=O)c2ccccc2)nc1. The molecule has 0 aliphatic heterocycles. The average Bonchev–Trinajstić information content (AvgIpc) is 2.40. The van der Waals surface area contributed by atoms with Crippen LogP contribution in [-0.4, -0.2) is 15.8 Å². The Morgan fingerprint density at radius 2 is 1.72 bits per heavy atom. The molecule has 0 amide bonds. The summed E-state index contributed by atoms with van der Waals surface area (Å²) in [4.78, 5) is 20.4. The molecule has 0 bridgehead atoms. The molecule has 0 saturated heterocycles. The minimum Gasteiger partial charge on any atom is -0.294 e. The van der Waals surface area contributed by atoms with Gasteiger partial charge in [-0.05, 0) is 11.5 Å². The summed E-state index contributed by atoms with van der Waals surface area (Å²) in [6.45, 7) is 4.18. The first-order chi connectivity index (χ1) is 8.66. The number of benzene rings is 1. The van der Waals surface area contributed by atoms with Crippen LogP contribution in [0, 0.1) is 0 Å². The van der Waals surface area contributed by atoms with Crippen LogP contribution in [0.2, 0.25) is 0 Å². The Balaban J connectivity index is 2.08. The highest BCUT2D eigenvalue weighted by atomic mass is 16.1. The highest BCUT2D eigenvalue weighted by Crippen LogP contribution is 2.11. The number of hydrogen-bond acceptors (Lipinski definition) is 3. The van der Waals surface area contributed by atoms with E-state index in [9.17, 15) is 4.79 Å². The molecule has 92 valence electrons. The summed E-state index contributed by atoms with van der Waals surface area (Å²) >= 11 is 0. The lowest BCUT2D eigenvalue weighted by Gasteiger charge is -2.05. The number of aromatic nitrogens is 2. The third-order valence-corrected chi connectivity index (χ3v) is 2.81. The second kappa shape index (κ2) is 5.54. The lowest BCUT2D eigenvalue weighted by atomic mass is 10.1. The molecule has 18 heavy (non-hydrogen) atoms. The van der Waals surface area contributed by atoms with Crippen LogP contribution in [0.25, 0.3) is 0 Å². The highest BCUT2D eigenvalue weighted by molar-refractivity contribution is 5.97. The van der Waals surface area contributed by atoms with Crippen molar-refractivity contribution in [1.82, 2.24) is 9.97 Å². The number of rotatable bonds is 4. The van der Waals surface area contributed by atoms with E-state index in [0.717, 1.165) is 5.56 Å². The molecular formula is C15H16N2O. The summed E-state index contributed by atoms with van der Waals surface area (Å²) in [5.74, 6) is 1.03. The van der Waals surface area contributed by atoms with E-state index in [2.05, 4.69) is 23.8 Å². The van der Waals surface area contributed by atoms with Crippen molar-refractivity contribution in [2.45, 2.75) is 26.2 Å². The van der Waals surface area contributed by atoms with Gasteiger partial charge in [0.05, 0.1) is 6.42 Å². The van der Waals surface area contributed by atoms with Gasteiger partial charge < -0.3 is 0 Å². The summed E-state index contributed by atoms with van der Waals surface area (Å²) < 4.78 is 0. The molecule has 2 aromatic rings. The van der Waals surface area contributed by atoms with E-state index in [0.29, 0.717) is 17.3 Å². The van der Waals surface area contributed by atoms with Crippen LogP contribution in [0.5, 0.6) is 0 Å². The third kappa shape index (κ3) is 3.00. The molecule has 0 radical (unpaired) electrons. The maximum atomic E-state index is 12.0. The highest BCUT2D eigenvalue weighted by Gasteiger charge is 2.09. The smallest absolute Gasteiger partial charge is 0.170 e. The lowest BCUT2D eigenvalue weighted by Crippen LogP contribution is -2.07. The largest absolute Gasteiger partial charge is 0.294 e. The number of carbonyl (C=O) groups is 1. The van der Waals surface area contributed by atoms with Crippen LogP contribution in [0.3, 0.4) is 0 Å². The summed E-state index contributed by atoms with van der Waals surface area (Å²) in [6, 6.07) is 9.23. The fourth-order valence-electron chi connectivity index (χ4n) is 1.62. The molecule has 0 atom stereocenters. The van der Waals surface area contributed by atoms with Crippen molar-refractivity contribution >= 4 is 5.78 Å². The quantitative estimate of drug-likeness (QED) is 0.771. The predicted octanol–water partition coefficient (Wildman–Crippen LogP) is 3.03. The number of nitrogens with zero attached hydrogens (tertiary/aromatic N) is 2. The Morgan fingerprint density at radius 1 is 1.11 bits per heavy atom. The standard InChI is InChI=1S/C15H16N2O/c1-11(2)13-9-16-15(17-10-13)8-14(18)12-6-4-3-5-7-12/h3-7,9-11H,8H2,1-2H3. The molecule has 3 nitrogen and oxygen atoms in total. The molecule has 3 heteroatoms. The summed E-state index contributed by atoms with van der Waals surface area (Å²) in [5, 5.41) is 0.